The maximum Gasteiger partial charge on any atom is 0.0147 e. The molecular formula is C14H12N-. The van der Waals surface area contributed by atoms with Crippen LogP contribution in [0.2, 0.25) is 0 Å². The fourth-order valence-corrected chi connectivity index (χ4v) is 2.18. The molecule has 1 aliphatic rings. The monoisotopic (exact) mass is 194 g/mol. The van der Waals surface area contributed by atoms with Crippen molar-refractivity contribution in [3.63, 3.8) is 0 Å². The fourth-order valence-electron chi connectivity index (χ4n) is 2.18. The Morgan fingerprint density at radius 3 is 1.80 bits per heavy atom. The highest BCUT2D eigenvalue weighted by Crippen LogP contribution is 2.37. The first-order valence-corrected chi connectivity index (χ1v) is 5.13. The lowest BCUT2D eigenvalue weighted by atomic mass is 9.96. The van der Waals surface area contributed by atoms with E-state index in [9.17, 15) is 0 Å². The van der Waals surface area contributed by atoms with E-state index in [4.69, 9.17) is 0 Å². The van der Waals surface area contributed by atoms with Crippen molar-refractivity contribution in [2.24, 2.45) is 0 Å². The molecule has 0 amide bonds. The van der Waals surface area contributed by atoms with E-state index in [1.165, 1.54) is 22.5 Å². The molecule has 0 aromatic heterocycles. The van der Waals surface area contributed by atoms with Crippen molar-refractivity contribution in [2.45, 2.75) is 6.42 Å². The van der Waals surface area contributed by atoms with E-state index in [0.717, 1.165) is 6.42 Å². The second-order valence-electron chi connectivity index (χ2n) is 3.86. The van der Waals surface area contributed by atoms with Gasteiger partial charge in [-0.05, 0) is 23.3 Å². The highest BCUT2D eigenvalue weighted by Gasteiger charge is 2.14. The number of para-hydroxylation sites is 2. The smallest absolute Gasteiger partial charge is 0.0147 e. The Morgan fingerprint density at radius 1 is 0.800 bits per heavy atom. The van der Waals surface area contributed by atoms with Gasteiger partial charge in [-0.15, -0.1) is 0 Å². The Balaban J connectivity index is 2.20. The summed E-state index contributed by atoms with van der Waals surface area (Å²) < 4.78 is 0. The van der Waals surface area contributed by atoms with Crippen LogP contribution >= 0.6 is 0 Å². The van der Waals surface area contributed by atoms with Crippen LogP contribution in [0, 0.1) is 7.05 Å². The van der Waals surface area contributed by atoms with Gasteiger partial charge in [0.1, 0.15) is 0 Å². The summed E-state index contributed by atoms with van der Waals surface area (Å²) in [5.41, 5.74) is 5.14. The van der Waals surface area contributed by atoms with Crippen LogP contribution in [0.25, 0.3) is 0 Å². The average molecular weight is 194 g/mol. The minimum absolute atomic E-state index is 1.01. The van der Waals surface area contributed by atoms with Gasteiger partial charge in [0.2, 0.25) is 0 Å². The number of hydrogen-bond acceptors (Lipinski definition) is 1. The summed E-state index contributed by atoms with van der Waals surface area (Å²) in [6.07, 6.45) is 1.01. The van der Waals surface area contributed by atoms with Crippen molar-refractivity contribution in [3.05, 3.63) is 66.7 Å². The quantitative estimate of drug-likeness (QED) is 0.580. The van der Waals surface area contributed by atoms with Crippen LogP contribution in [0.4, 0.5) is 11.4 Å². The van der Waals surface area contributed by atoms with Gasteiger partial charge in [0.25, 0.3) is 0 Å². The van der Waals surface area contributed by atoms with Crippen molar-refractivity contribution in [1.29, 1.82) is 0 Å². The average Bonchev–Trinajstić information content (AvgIpc) is 2.30. The molecule has 0 aliphatic carbocycles. The van der Waals surface area contributed by atoms with Crippen molar-refractivity contribution in [1.82, 2.24) is 0 Å². The molecule has 2 aromatic rings. The van der Waals surface area contributed by atoms with Gasteiger partial charge in [0.15, 0.2) is 0 Å². The molecule has 0 fully saturated rings. The minimum atomic E-state index is 1.01. The van der Waals surface area contributed by atoms with Crippen molar-refractivity contribution in [3.8, 4) is 0 Å². The van der Waals surface area contributed by atoms with Crippen molar-refractivity contribution < 1.29 is 0 Å². The Kier molecular flexibility index (Phi) is 1.78. The van der Waals surface area contributed by atoms with E-state index in [1.54, 1.807) is 0 Å². The molecule has 0 saturated heterocycles. The van der Waals surface area contributed by atoms with Gasteiger partial charge >= 0.3 is 0 Å². The van der Waals surface area contributed by atoms with Gasteiger partial charge in [0.05, 0.1) is 0 Å². The van der Waals surface area contributed by atoms with Gasteiger partial charge in [-0.1, -0.05) is 36.4 Å². The summed E-state index contributed by atoms with van der Waals surface area (Å²) >= 11 is 0. The topological polar surface area (TPSA) is 3.24 Å². The Labute approximate surface area is 90.0 Å². The van der Waals surface area contributed by atoms with Crippen molar-refractivity contribution >= 4 is 11.4 Å². The lowest BCUT2D eigenvalue weighted by Gasteiger charge is -2.36. The number of fused-ring (bicyclic) bond motifs is 2. The summed E-state index contributed by atoms with van der Waals surface area (Å²) in [6.45, 7) is 0. The highest BCUT2D eigenvalue weighted by atomic mass is 15.1. The Morgan fingerprint density at radius 2 is 1.27 bits per heavy atom. The van der Waals surface area contributed by atoms with Gasteiger partial charge in [-0.25, -0.2) is 0 Å². The number of rotatable bonds is 0. The summed E-state index contributed by atoms with van der Waals surface area (Å²) in [4.78, 5) is 2.02. The molecule has 0 saturated carbocycles. The van der Waals surface area contributed by atoms with Crippen LogP contribution < -0.4 is 4.90 Å². The standard InChI is InChI=1S/C14H12N/c1-15-13-8-4-2-6-11(13)10-12-7-3-5-9-14(12)15/h2-9H,1,10H2/q-1. The molecule has 1 nitrogen and oxygen atoms in total. The van der Waals surface area contributed by atoms with Gasteiger partial charge < -0.3 is 4.90 Å². The summed E-state index contributed by atoms with van der Waals surface area (Å²) in [5, 5.41) is 0. The fraction of sp³-hybridized carbons (Fsp3) is 0.0714. The maximum atomic E-state index is 4.11. The van der Waals surface area contributed by atoms with Crippen LogP contribution in [-0.2, 0) is 6.42 Å². The zero-order valence-electron chi connectivity index (χ0n) is 8.48. The van der Waals surface area contributed by atoms with E-state index >= 15 is 0 Å². The lowest BCUT2D eigenvalue weighted by Crippen LogP contribution is -2.15. The highest BCUT2D eigenvalue weighted by molar-refractivity contribution is 5.74. The number of benzene rings is 2. The third kappa shape index (κ3) is 1.23. The molecule has 15 heavy (non-hydrogen) atoms. The summed E-state index contributed by atoms with van der Waals surface area (Å²) in [5.74, 6) is 0. The zero-order chi connectivity index (χ0) is 10.3. The van der Waals surface area contributed by atoms with Crippen LogP contribution in [-0.4, -0.2) is 0 Å². The lowest BCUT2D eigenvalue weighted by molar-refractivity contribution is 1.08. The second-order valence-corrected chi connectivity index (χ2v) is 3.86. The van der Waals surface area contributed by atoms with Crippen LogP contribution in [0.15, 0.2) is 48.5 Å². The predicted octanol–water partition coefficient (Wildman–Crippen LogP) is 3.52. The SMILES string of the molecule is [CH2-]N1c2ccccc2Cc2ccccc21. The summed E-state index contributed by atoms with van der Waals surface area (Å²) in [6, 6.07) is 16.9. The Bertz CT molecular complexity index is 457. The molecular weight excluding hydrogens is 182 g/mol. The largest absolute Gasteiger partial charge is 0.497 e. The first kappa shape index (κ1) is 8.54. The van der Waals surface area contributed by atoms with Crippen LogP contribution in [0.1, 0.15) is 11.1 Å². The molecule has 0 bridgehead atoms. The Hall–Kier alpha value is -1.76. The van der Waals surface area contributed by atoms with E-state index < -0.39 is 0 Å². The van der Waals surface area contributed by atoms with Gasteiger partial charge in [0, 0.05) is 17.8 Å². The minimum Gasteiger partial charge on any atom is -0.497 e. The molecule has 0 unspecified atom stereocenters. The molecule has 0 atom stereocenters. The van der Waals surface area contributed by atoms with Crippen molar-refractivity contribution in [2.75, 3.05) is 4.90 Å². The molecule has 0 spiro atoms. The molecule has 0 radical (unpaired) electrons. The maximum absolute atomic E-state index is 4.11. The van der Waals surface area contributed by atoms with E-state index in [-0.39, 0.29) is 0 Å². The van der Waals surface area contributed by atoms with Gasteiger partial charge in [-0.2, -0.15) is 0 Å². The zero-order valence-corrected chi connectivity index (χ0v) is 8.48. The molecule has 2 aromatic carbocycles. The first-order chi connectivity index (χ1) is 7.36. The van der Waals surface area contributed by atoms with Crippen LogP contribution in [0.5, 0.6) is 0 Å². The number of nitrogens with zero attached hydrogens (tertiary/aromatic N) is 1. The third-order valence-corrected chi connectivity index (χ3v) is 2.95. The molecule has 1 aliphatic heterocycles. The van der Waals surface area contributed by atoms with Gasteiger partial charge in [-0.3, -0.25) is 7.05 Å². The van der Waals surface area contributed by atoms with E-state index in [0.29, 0.717) is 0 Å². The number of hydrogen-bond donors (Lipinski definition) is 0. The third-order valence-electron chi connectivity index (χ3n) is 2.95. The molecule has 3 rings (SSSR count). The summed E-state index contributed by atoms with van der Waals surface area (Å²) in [7, 11) is 4.11. The molecule has 1 heterocycles. The second kappa shape index (κ2) is 3.13. The molecule has 74 valence electrons. The van der Waals surface area contributed by atoms with Crippen LogP contribution in [0.3, 0.4) is 0 Å². The number of anilines is 2. The van der Waals surface area contributed by atoms with E-state index in [1.807, 2.05) is 4.90 Å². The normalized spacial score (nSPS) is 13.3. The van der Waals surface area contributed by atoms with E-state index in [2.05, 4.69) is 55.6 Å². The molecule has 0 N–H and O–H groups in total. The predicted molar refractivity (Wildman–Crippen MR) is 63.2 cm³/mol. The molecule has 1 heteroatoms. The first-order valence-electron chi connectivity index (χ1n) is 5.13.